The van der Waals surface area contributed by atoms with Crippen molar-refractivity contribution in [2.75, 3.05) is 0 Å². The Morgan fingerprint density at radius 3 is 0.417 bits per heavy atom. The van der Waals surface area contributed by atoms with Gasteiger partial charge in [-0.25, -0.2) is 0 Å². The van der Waals surface area contributed by atoms with E-state index in [1.807, 2.05) is 0 Å². The zero-order chi connectivity index (χ0) is 9.00. The third-order valence-corrected chi connectivity index (χ3v) is 0. The molecular weight excluding hydrogens is 302 g/mol. The van der Waals surface area contributed by atoms with Crippen LogP contribution in [0, 0.1) is 0 Å². The summed E-state index contributed by atoms with van der Waals surface area (Å²) in [5.41, 5.74) is 0. The quantitative estimate of drug-likeness (QED) is 0.205. The van der Waals surface area contributed by atoms with Gasteiger partial charge < -0.3 is 0 Å². The van der Waals surface area contributed by atoms with Crippen LogP contribution in [-0.4, -0.2) is 132 Å². The summed E-state index contributed by atoms with van der Waals surface area (Å²) in [5, 5.41) is 0. The summed E-state index contributed by atoms with van der Waals surface area (Å²) < 4.78 is 59.0. The molecule has 0 aliphatic carbocycles. The number of rotatable bonds is 0. The van der Waals surface area contributed by atoms with E-state index in [1.54, 1.807) is 0 Å². The van der Waals surface area contributed by atoms with Gasteiger partial charge in [-0.2, -0.15) is 0 Å². The van der Waals surface area contributed by atoms with Crippen molar-refractivity contribution in [2.24, 2.45) is 0 Å². The summed E-state index contributed by atoms with van der Waals surface area (Å²) in [4.78, 5) is 0. The summed E-state index contributed by atoms with van der Waals surface area (Å²) in [6, 6.07) is 0. The average Bonchev–Trinajstić information content (AvgIpc) is 1.12. The molecular formula is H10K2O8Ti2. The monoisotopic (exact) mass is 312 g/mol. The van der Waals surface area contributed by atoms with E-state index < -0.39 is 36.3 Å². The van der Waals surface area contributed by atoms with Gasteiger partial charge in [-0.3, -0.25) is 0 Å². The van der Waals surface area contributed by atoms with E-state index >= 15 is 0 Å². The zero-order valence-corrected chi connectivity index (χ0v) is 7.70. The van der Waals surface area contributed by atoms with E-state index in [4.69, 9.17) is 29.5 Å². The molecule has 8 N–H and O–H groups in total. The van der Waals surface area contributed by atoms with Crippen LogP contribution in [0.3, 0.4) is 0 Å². The molecule has 68 valence electrons. The van der Waals surface area contributed by atoms with Gasteiger partial charge >= 0.3 is 169 Å². The van der Waals surface area contributed by atoms with Crippen LogP contribution in [0.1, 0.15) is 0 Å². The maximum absolute atomic E-state index is 7.38. The minimum absolute atomic E-state index is 0. The van der Waals surface area contributed by atoms with Gasteiger partial charge in [-0.1, -0.05) is 0 Å². The molecule has 0 aromatic heterocycles. The van der Waals surface area contributed by atoms with Crippen molar-refractivity contribution >= 4 is 103 Å². The van der Waals surface area contributed by atoms with E-state index in [-0.39, 0.29) is 103 Å². The summed E-state index contributed by atoms with van der Waals surface area (Å²) >= 11 is -10.0. The molecule has 0 saturated heterocycles. The molecule has 0 aliphatic rings. The van der Waals surface area contributed by atoms with E-state index in [2.05, 4.69) is 0 Å². The molecule has 12 heavy (non-hydrogen) atoms. The first-order valence-electron chi connectivity index (χ1n) is 1.79. The van der Waals surface area contributed by atoms with Crippen molar-refractivity contribution in [1.29, 1.82) is 0 Å². The van der Waals surface area contributed by atoms with Gasteiger partial charge in [0.1, 0.15) is 0 Å². The molecule has 0 amide bonds. The Hall–Kier alpha value is 4.38. The summed E-state index contributed by atoms with van der Waals surface area (Å²) in [7, 11) is 0. The van der Waals surface area contributed by atoms with Crippen molar-refractivity contribution < 1.29 is 65.8 Å². The predicted octanol–water partition coefficient (Wildman–Crippen LogP) is -5.76. The number of hydrogen-bond acceptors (Lipinski definition) is 8. The molecule has 0 fully saturated rings. The summed E-state index contributed by atoms with van der Waals surface area (Å²) in [5.74, 6) is 0. The second kappa shape index (κ2) is 11.9. The molecule has 0 heterocycles. The first-order chi connectivity index (χ1) is 4.00. The topological polar surface area (TPSA) is 162 Å². The molecule has 0 radical (unpaired) electrons. The first kappa shape index (κ1) is 25.3. The van der Waals surface area contributed by atoms with Crippen LogP contribution in [-0.2, 0) is 36.3 Å². The van der Waals surface area contributed by atoms with Crippen LogP contribution in [0.2, 0.25) is 0 Å². The molecule has 0 aromatic rings. The van der Waals surface area contributed by atoms with Gasteiger partial charge in [0.25, 0.3) is 0 Å². The Balaban J connectivity index is -0.0000000457. The van der Waals surface area contributed by atoms with Gasteiger partial charge in [0.15, 0.2) is 0 Å². The molecule has 0 saturated carbocycles. The Morgan fingerprint density at radius 1 is 0.417 bits per heavy atom. The van der Waals surface area contributed by atoms with Gasteiger partial charge in [-0.15, -0.1) is 0 Å². The molecule has 0 atom stereocenters. The fourth-order valence-corrected chi connectivity index (χ4v) is 0. The van der Waals surface area contributed by atoms with Gasteiger partial charge in [-0.05, 0) is 0 Å². The summed E-state index contributed by atoms with van der Waals surface area (Å²) in [6.45, 7) is 0. The van der Waals surface area contributed by atoms with E-state index in [0.29, 0.717) is 0 Å². The Kier molecular flexibility index (Phi) is 25.0. The fraction of sp³-hybridized carbons (Fsp3) is 0. The molecule has 0 aliphatic heterocycles. The fourth-order valence-electron chi connectivity index (χ4n) is 0. The third-order valence-electron chi connectivity index (χ3n) is 0. The van der Waals surface area contributed by atoms with Crippen LogP contribution in [0.25, 0.3) is 0 Å². The Bertz CT molecular complexity index is 58.0. The zero-order valence-electron chi connectivity index (χ0n) is 4.58. The Labute approximate surface area is 164 Å². The Morgan fingerprint density at radius 2 is 0.417 bits per heavy atom. The first-order valence-corrected chi connectivity index (χ1v) is 7.38. The van der Waals surface area contributed by atoms with Crippen LogP contribution >= 0.6 is 0 Å². The van der Waals surface area contributed by atoms with Gasteiger partial charge in [0.05, 0.1) is 0 Å². The number of hydrogen-bond donors (Lipinski definition) is 8. The van der Waals surface area contributed by atoms with Gasteiger partial charge in [0.2, 0.25) is 0 Å². The second-order valence-corrected chi connectivity index (χ2v) is 4.95. The van der Waals surface area contributed by atoms with Crippen molar-refractivity contribution in [3.63, 3.8) is 0 Å². The second-order valence-electron chi connectivity index (χ2n) is 1.20. The molecule has 12 heteroatoms. The molecule has 0 bridgehead atoms. The van der Waals surface area contributed by atoms with E-state index in [9.17, 15) is 0 Å². The van der Waals surface area contributed by atoms with Crippen LogP contribution < -0.4 is 0 Å². The van der Waals surface area contributed by atoms with E-state index in [0.717, 1.165) is 0 Å². The van der Waals surface area contributed by atoms with Crippen LogP contribution in [0.4, 0.5) is 0 Å². The van der Waals surface area contributed by atoms with Gasteiger partial charge in [0, 0.05) is 0 Å². The van der Waals surface area contributed by atoms with Crippen molar-refractivity contribution in [3.8, 4) is 0 Å². The molecule has 0 unspecified atom stereocenters. The van der Waals surface area contributed by atoms with E-state index in [1.165, 1.54) is 0 Å². The summed E-state index contributed by atoms with van der Waals surface area (Å²) in [6.07, 6.45) is 0. The molecule has 0 spiro atoms. The molecule has 0 rings (SSSR count). The minimum atomic E-state index is -5.00. The average molecular weight is 312 g/mol. The van der Waals surface area contributed by atoms with Crippen molar-refractivity contribution in [2.45, 2.75) is 0 Å². The SMILES string of the molecule is [KH].[KH].[OH][Ti]([OH])([OH])[OH].[OH][Ti]([OH])([OH])[OH]. The standard InChI is InChI=1S/2K.8H2O.2Ti.2H/h;;8*1H2;;;;/q;;;;;;;;;;2*+4;;/p-8. The van der Waals surface area contributed by atoms with Crippen LogP contribution in [0.5, 0.6) is 0 Å². The molecule has 0 aromatic carbocycles. The molecule has 8 nitrogen and oxygen atoms in total. The van der Waals surface area contributed by atoms with Crippen molar-refractivity contribution in [3.05, 3.63) is 0 Å². The third kappa shape index (κ3) is 134. The predicted molar refractivity (Wildman–Crippen MR) is 32.0 cm³/mol. The normalized spacial score (nSPS) is 10.0. The van der Waals surface area contributed by atoms with Crippen molar-refractivity contribution in [1.82, 2.24) is 0 Å². The van der Waals surface area contributed by atoms with Crippen LogP contribution in [0.15, 0.2) is 0 Å². The maximum atomic E-state index is 7.38.